The van der Waals surface area contributed by atoms with Crippen LogP contribution in [0.25, 0.3) is 65.6 Å². The lowest BCUT2D eigenvalue weighted by Crippen LogP contribution is -2.11. The average Bonchev–Trinajstić information content (AvgIpc) is 3.78. The summed E-state index contributed by atoms with van der Waals surface area (Å²) in [7, 11) is 0. The van der Waals surface area contributed by atoms with Crippen LogP contribution in [0, 0.1) is 0 Å². The lowest BCUT2D eigenvalue weighted by Gasteiger charge is -2.27. The Morgan fingerprint density at radius 2 is 1.35 bits per heavy atom. The molecule has 10 rings (SSSR count). The molecule has 0 aliphatic heterocycles. The molecule has 0 fully saturated rings. The van der Waals surface area contributed by atoms with Crippen molar-refractivity contribution in [2.45, 2.75) is 12.8 Å². The summed E-state index contributed by atoms with van der Waals surface area (Å²) in [6.07, 6.45) is 6.85. The second kappa shape index (κ2) is 9.96. The van der Waals surface area contributed by atoms with Gasteiger partial charge in [-0.1, -0.05) is 78.9 Å². The van der Waals surface area contributed by atoms with Crippen LogP contribution in [-0.2, 0) is 6.42 Å². The summed E-state index contributed by atoms with van der Waals surface area (Å²) in [5, 5.41) is 6.08. The van der Waals surface area contributed by atoms with Gasteiger partial charge in [-0.15, -0.1) is 11.3 Å². The van der Waals surface area contributed by atoms with Crippen LogP contribution < -0.4 is 4.90 Å². The number of anilines is 3. The van der Waals surface area contributed by atoms with Crippen LogP contribution in [0.4, 0.5) is 17.1 Å². The molecule has 3 nitrogen and oxygen atoms in total. The largest absolute Gasteiger partial charge is 0.456 e. The van der Waals surface area contributed by atoms with E-state index >= 15 is 0 Å². The second-order valence-electron chi connectivity index (χ2n) is 12.0. The van der Waals surface area contributed by atoms with Gasteiger partial charge in [0.25, 0.3) is 0 Å². The first-order valence-electron chi connectivity index (χ1n) is 15.8. The molecule has 218 valence electrons. The fraction of sp³-hybridized carbons (Fsp3) is 0.0476. The molecule has 0 saturated heterocycles. The maximum absolute atomic E-state index is 6.43. The van der Waals surface area contributed by atoms with Crippen molar-refractivity contribution in [3.8, 4) is 5.69 Å². The Labute approximate surface area is 269 Å². The quantitative estimate of drug-likeness (QED) is 0.198. The Morgan fingerprint density at radius 3 is 2.26 bits per heavy atom. The van der Waals surface area contributed by atoms with Gasteiger partial charge >= 0.3 is 0 Å². The highest BCUT2D eigenvalue weighted by molar-refractivity contribution is 7.19. The van der Waals surface area contributed by atoms with Crippen molar-refractivity contribution in [1.29, 1.82) is 0 Å². The van der Waals surface area contributed by atoms with Crippen molar-refractivity contribution >= 4 is 88.3 Å². The smallest absolute Gasteiger partial charge is 0.137 e. The lowest BCUT2D eigenvalue weighted by atomic mass is 10.0. The average molecular weight is 609 g/mol. The van der Waals surface area contributed by atoms with Gasteiger partial charge < -0.3 is 13.9 Å². The summed E-state index contributed by atoms with van der Waals surface area (Å²) in [5.74, 6) is 0. The van der Waals surface area contributed by atoms with Crippen LogP contribution in [0.5, 0.6) is 0 Å². The van der Waals surface area contributed by atoms with E-state index in [9.17, 15) is 0 Å². The number of fused-ring (bicyclic) bond motifs is 9. The molecule has 4 heteroatoms. The van der Waals surface area contributed by atoms with Crippen molar-refractivity contribution < 1.29 is 4.42 Å². The molecule has 3 heterocycles. The summed E-state index contributed by atoms with van der Waals surface area (Å²) >= 11 is 1.93. The standard InChI is InChI=1S/C42H28N2OS/c1-2-11-27(12-3-1)44-35-16-7-4-13-30(35)31-23-21-28(25-37(31)44)43(29-22-24-33-32-14-5-8-18-38(32)45-39(33)26-29)36-17-10-20-41-42(36)34-15-6-9-19-40(34)46-41/h1-8,10-18,20-26H,9,19H2. The molecule has 0 atom stereocenters. The van der Waals surface area contributed by atoms with Crippen LogP contribution in [0.2, 0.25) is 0 Å². The molecular weight excluding hydrogens is 581 g/mol. The Morgan fingerprint density at radius 1 is 0.609 bits per heavy atom. The lowest BCUT2D eigenvalue weighted by molar-refractivity contribution is 0.669. The van der Waals surface area contributed by atoms with Gasteiger partial charge in [0.15, 0.2) is 0 Å². The van der Waals surface area contributed by atoms with E-state index in [-0.39, 0.29) is 0 Å². The van der Waals surface area contributed by atoms with Gasteiger partial charge in [-0.3, -0.25) is 0 Å². The van der Waals surface area contributed by atoms with Crippen molar-refractivity contribution in [3.63, 3.8) is 0 Å². The van der Waals surface area contributed by atoms with Gasteiger partial charge in [0.05, 0.1) is 16.7 Å². The molecule has 9 aromatic rings. The van der Waals surface area contributed by atoms with Crippen molar-refractivity contribution in [2.24, 2.45) is 0 Å². The summed E-state index contributed by atoms with van der Waals surface area (Å²) < 4.78 is 10.1. The van der Waals surface area contributed by atoms with Crippen LogP contribution >= 0.6 is 11.3 Å². The van der Waals surface area contributed by atoms with Gasteiger partial charge in [-0.2, -0.15) is 0 Å². The zero-order valence-corrected chi connectivity index (χ0v) is 25.8. The maximum atomic E-state index is 6.43. The number of allylic oxidation sites excluding steroid dienone is 1. The minimum Gasteiger partial charge on any atom is -0.456 e. The number of aromatic nitrogens is 1. The predicted molar refractivity (Wildman–Crippen MR) is 195 cm³/mol. The topological polar surface area (TPSA) is 21.3 Å². The van der Waals surface area contributed by atoms with Crippen LogP contribution in [0.1, 0.15) is 16.9 Å². The van der Waals surface area contributed by atoms with E-state index in [1.165, 1.54) is 48.0 Å². The van der Waals surface area contributed by atoms with Crippen molar-refractivity contribution in [1.82, 2.24) is 4.57 Å². The highest BCUT2D eigenvalue weighted by atomic mass is 32.1. The Kier molecular flexibility index (Phi) is 5.57. The normalized spacial score (nSPS) is 13.0. The van der Waals surface area contributed by atoms with E-state index in [0.717, 1.165) is 51.8 Å². The van der Waals surface area contributed by atoms with E-state index in [1.807, 2.05) is 23.5 Å². The van der Waals surface area contributed by atoms with E-state index in [1.54, 1.807) is 0 Å². The number of hydrogen-bond donors (Lipinski definition) is 0. The van der Waals surface area contributed by atoms with Gasteiger partial charge in [-0.05, 0) is 79.1 Å². The van der Waals surface area contributed by atoms with Crippen LogP contribution in [0.3, 0.4) is 0 Å². The number of para-hydroxylation sites is 3. The van der Waals surface area contributed by atoms with E-state index in [4.69, 9.17) is 4.42 Å². The molecule has 0 radical (unpaired) electrons. The van der Waals surface area contributed by atoms with E-state index < -0.39 is 0 Å². The zero-order valence-electron chi connectivity index (χ0n) is 25.0. The molecule has 6 aromatic carbocycles. The number of hydrogen-bond acceptors (Lipinski definition) is 3. The monoisotopic (exact) mass is 608 g/mol. The van der Waals surface area contributed by atoms with Crippen LogP contribution in [-0.4, -0.2) is 4.57 Å². The number of furan rings is 1. The van der Waals surface area contributed by atoms with Gasteiger partial charge in [-0.25, -0.2) is 0 Å². The maximum Gasteiger partial charge on any atom is 0.137 e. The SMILES string of the molecule is C1=Cc2c(sc3cccc(N(c4ccc5c(c4)oc4ccccc45)c4ccc5c6ccccc6n(-c6ccccc6)c5c4)c23)CC1. The minimum atomic E-state index is 0.891. The summed E-state index contributed by atoms with van der Waals surface area (Å²) in [5.41, 5.74) is 10.1. The molecular formula is C42H28N2OS. The molecule has 0 spiro atoms. The molecule has 46 heavy (non-hydrogen) atoms. The van der Waals surface area contributed by atoms with Crippen molar-refractivity contribution in [2.75, 3.05) is 4.90 Å². The summed E-state index contributed by atoms with van der Waals surface area (Å²) in [4.78, 5) is 3.90. The Balaban J connectivity index is 1.28. The third-order valence-corrected chi connectivity index (χ3v) is 10.7. The fourth-order valence-corrected chi connectivity index (χ4v) is 8.63. The number of benzene rings is 6. The number of rotatable bonds is 4. The zero-order chi connectivity index (χ0) is 30.2. The minimum absolute atomic E-state index is 0.891. The molecule has 0 amide bonds. The van der Waals surface area contributed by atoms with Crippen LogP contribution in [0.15, 0.2) is 144 Å². The van der Waals surface area contributed by atoms with Gasteiger partial charge in [0.2, 0.25) is 0 Å². The first kappa shape index (κ1) is 25.7. The molecule has 1 aliphatic carbocycles. The molecule has 3 aromatic heterocycles. The van der Waals surface area contributed by atoms with Crippen molar-refractivity contribution in [3.05, 3.63) is 150 Å². The Hall–Kier alpha value is -5.58. The number of nitrogens with zero attached hydrogens (tertiary/aromatic N) is 2. The molecule has 0 saturated carbocycles. The highest BCUT2D eigenvalue weighted by Crippen LogP contribution is 2.47. The number of aryl methyl sites for hydroxylation is 1. The van der Waals surface area contributed by atoms with Gasteiger partial charge in [0.1, 0.15) is 11.2 Å². The van der Waals surface area contributed by atoms with E-state index in [0.29, 0.717) is 0 Å². The predicted octanol–water partition coefficient (Wildman–Crippen LogP) is 12.3. The Bertz CT molecular complexity index is 2650. The first-order valence-corrected chi connectivity index (χ1v) is 16.6. The van der Waals surface area contributed by atoms with Gasteiger partial charge in [0, 0.05) is 59.6 Å². The second-order valence-corrected chi connectivity index (χ2v) is 13.2. The fourth-order valence-electron chi connectivity index (χ4n) is 7.40. The summed E-state index contributed by atoms with van der Waals surface area (Å²) in [6, 6.07) is 48.1. The highest BCUT2D eigenvalue weighted by Gasteiger charge is 2.23. The number of thiophene rings is 1. The third kappa shape index (κ3) is 3.77. The first-order chi connectivity index (χ1) is 22.8. The van der Waals surface area contributed by atoms with E-state index in [2.05, 4.69) is 143 Å². The summed E-state index contributed by atoms with van der Waals surface area (Å²) in [6.45, 7) is 0. The third-order valence-electron chi connectivity index (χ3n) is 9.42. The molecule has 0 N–H and O–H groups in total. The molecule has 0 unspecified atom stereocenters. The molecule has 1 aliphatic rings. The molecule has 0 bridgehead atoms.